The molecule has 1 fully saturated rings. The first-order valence-corrected chi connectivity index (χ1v) is 6.57. The number of benzene rings is 1. The number of rotatable bonds is 3. The zero-order valence-corrected chi connectivity index (χ0v) is 11.6. The highest BCUT2D eigenvalue weighted by Gasteiger charge is 2.49. The van der Waals surface area contributed by atoms with Crippen LogP contribution in [0.1, 0.15) is 36.8 Å². The highest BCUT2D eigenvalue weighted by atomic mass is 19.3. The van der Waals surface area contributed by atoms with Crippen molar-refractivity contribution >= 4 is 5.97 Å². The van der Waals surface area contributed by atoms with Gasteiger partial charge >= 0.3 is 5.97 Å². The molecule has 20 heavy (non-hydrogen) atoms. The zero-order chi connectivity index (χ0) is 15.0. The lowest BCUT2D eigenvalue weighted by atomic mass is 9.68. The minimum Gasteiger partial charge on any atom is -0.496 e. The Bertz CT molecular complexity index is 516. The summed E-state index contributed by atoms with van der Waals surface area (Å²) in [5, 5.41) is 9.56. The Hall–Kier alpha value is -1.65. The lowest BCUT2D eigenvalue weighted by molar-refractivity contribution is -0.149. The number of ether oxygens (including phenoxy) is 1. The van der Waals surface area contributed by atoms with Crippen molar-refractivity contribution in [3.05, 3.63) is 29.3 Å². The molecule has 1 N–H and O–H groups in total. The standard InChI is InChI=1S/C15H18F2O3/c1-10-3-4-11(9-12(10)20-2)14(13(18)19)5-7-15(16,17)8-6-14/h3-4,9H,5-8H2,1-2H3,(H,18,19). The Labute approximate surface area is 116 Å². The van der Waals surface area contributed by atoms with E-state index in [1.807, 2.05) is 6.92 Å². The van der Waals surface area contributed by atoms with E-state index >= 15 is 0 Å². The van der Waals surface area contributed by atoms with Gasteiger partial charge in [-0.15, -0.1) is 0 Å². The molecule has 110 valence electrons. The first-order valence-electron chi connectivity index (χ1n) is 6.57. The fraction of sp³-hybridized carbons (Fsp3) is 0.533. The van der Waals surface area contributed by atoms with Gasteiger partial charge in [0.05, 0.1) is 12.5 Å². The lowest BCUT2D eigenvalue weighted by Crippen LogP contribution is -2.42. The van der Waals surface area contributed by atoms with E-state index in [4.69, 9.17) is 4.74 Å². The third kappa shape index (κ3) is 2.49. The van der Waals surface area contributed by atoms with E-state index < -0.39 is 30.1 Å². The minimum absolute atomic E-state index is 0.0540. The molecule has 5 heteroatoms. The minimum atomic E-state index is -2.76. The number of hydrogen-bond acceptors (Lipinski definition) is 2. The summed E-state index contributed by atoms with van der Waals surface area (Å²) in [5.41, 5.74) is 0.198. The summed E-state index contributed by atoms with van der Waals surface area (Å²) >= 11 is 0. The monoisotopic (exact) mass is 284 g/mol. The van der Waals surface area contributed by atoms with Crippen molar-refractivity contribution in [1.29, 1.82) is 0 Å². The fourth-order valence-corrected chi connectivity index (χ4v) is 2.79. The molecule has 1 saturated carbocycles. The summed E-state index contributed by atoms with van der Waals surface area (Å²) in [6.45, 7) is 1.85. The number of aliphatic carboxylic acids is 1. The molecule has 0 bridgehead atoms. The van der Waals surface area contributed by atoms with Crippen LogP contribution in [0.2, 0.25) is 0 Å². The van der Waals surface area contributed by atoms with Crippen molar-refractivity contribution in [2.75, 3.05) is 7.11 Å². The van der Waals surface area contributed by atoms with Crippen LogP contribution in [0.4, 0.5) is 8.78 Å². The second-order valence-electron chi connectivity index (χ2n) is 5.43. The normalized spacial score (nSPS) is 20.4. The molecule has 1 aliphatic rings. The van der Waals surface area contributed by atoms with E-state index in [2.05, 4.69) is 0 Å². The van der Waals surface area contributed by atoms with Gasteiger partial charge in [0.15, 0.2) is 0 Å². The van der Waals surface area contributed by atoms with Crippen LogP contribution >= 0.6 is 0 Å². The van der Waals surface area contributed by atoms with Gasteiger partial charge in [-0.25, -0.2) is 8.78 Å². The first-order chi connectivity index (χ1) is 9.31. The van der Waals surface area contributed by atoms with Gasteiger partial charge in [-0.05, 0) is 37.0 Å². The number of methoxy groups -OCH3 is 1. The summed E-state index contributed by atoms with van der Waals surface area (Å²) in [6, 6.07) is 5.13. The Morgan fingerprint density at radius 3 is 2.35 bits per heavy atom. The predicted molar refractivity (Wildman–Crippen MR) is 70.5 cm³/mol. The van der Waals surface area contributed by atoms with E-state index in [0.717, 1.165) is 5.56 Å². The molecule has 0 radical (unpaired) electrons. The van der Waals surface area contributed by atoms with Crippen molar-refractivity contribution < 1.29 is 23.4 Å². The average Bonchev–Trinajstić information content (AvgIpc) is 2.39. The van der Waals surface area contributed by atoms with E-state index in [1.165, 1.54) is 7.11 Å². The maximum absolute atomic E-state index is 13.3. The van der Waals surface area contributed by atoms with Gasteiger partial charge in [0.2, 0.25) is 5.92 Å². The summed E-state index contributed by atoms with van der Waals surface area (Å²) in [7, 11) is 1.51. The molecule has 0 aromatic heterocycles. The molecule has 1 aliphatic carbocycles. The second kappa shape index (κ2) is 5.04. The fourth-order valence-electron chi connectivity index (χ4n) is 2.79. The van der Waals surface area contributed by atoms with Crippen LogP contribution in [0, 0.1) is 6.92 Å². The van der Waals surface area contributed by atoms with Gasteiger partial charge in [-0.1, -0.05) is 12.1 Å². The van der Waals surface area contributed by atoms with Gasteiger partial charge in [-0.2, -0.15) is 0 Å². The molecule has 0 unspecified atom stereocenters. The number of aryl methyl sites for hydroxylation is 1. The molecule has 1 aromatic carbocycles. The van der Waals surface area contributed by atoms with Crippen LogP contribution in [0.5, 0.6) is 5.75 Å². The third-order valence-corrected chi connectivity index (χ3v) is 4.21. The van der Waals surface area contributed by atoms with Crippen LogP contribution in [0.3, 0.4) is 0 Å². The molecule has 0 saturated heterocycles. The van der Waals surface area contributed by atoms with Gasteiger partial charge < -0.3 is 9.84 Å². The van der Waals surface area contributed by atoms with Gasteiger partial charge in [0.25, 0.3) is 0 Å². The second-order valence-corrected chi connectivity index (χ2v) is 5.43. The average molecular weight is 284 g/mol. The molecular formula is C15H18F2O3. The Kier molecular flexibility index (Phi) is 3.71. The van der Waals surface area contributed by atoms with Crippen molar-refractivity contribution in [3.63, 3.8) is 0 Å². The van der Waals surface area contributed by atoms with Crippen molar-refractivity contribution in [2.45, 2.75) is 43.9 Å². The molecule has 0 atom stereocenters. The van der Waals surface area contributed by atoms with E-state index in [-0.39, 0.29) is 12.8 Å². The van der Waals surface area contributed by atoms with Crippen molar-refractivity contribution in [2.24, 2.45) is 0 Å². The predicted octanol–water partition coefficient (Wildman–Crippen LogP) is 3.54. The van der Waals surface area contributed by atoms with Crippen LogP contribution in [-0.2, 0) is 10.2 Å². The van der Waals surface area contributed by atoms with Gasteiger partial charge in [0.1, 0.15) is 5.75 Å². The molecule has 3 nitrogen and oxygen atoms in total. The maximum atomic E-state index is 13.3. The topological polar surface area (TPSA) is 46.5 Å². The Morgan fingerprint density at radius 1 is 1.25 bits per heavy atom. The Balaban J connectivity index is 2.42. The van der Waals surface area contributed by atoms with Crippen molar-refractivity contribution in [1.82, 2.24) is 0 Å². The highest BCUT2D eigenvalue weighted by Crippen LogP contribution is 2.46. The molecule has 2 rings (SSSR count). The molecule has 1 aromatic rings. The number of alkyl halides is 2. The molecule has 0 amide bonds. The number of carboxylic acids is 1. The number of hydrogen-bond donors (Lipinski definition) is 1. The summed E-state index contributed by atoms with van der Waals surface area (Å²) in [4.78, 5) is 11.7. The molecule has 0 spiro atoms. The SMILES string of the molecule is COc1cc(C2(C(=O)O)CCC(F)(F)CC2)ccc1C. The number of carbonyl (C=O) groups is 1. The maximum Gasteiger partial charge on any atom is 0.314 e. The molecule has 0 aliphatic heterocycles. The number of halogens is 2. The van der Waals surface area contributed by atoms with E-state index in [9.17, 15) is 18.7 Å². The van der Waals surface area contributed by atoms with E-state index in [0.29, 0.717) is 11.3 Å². The molecular weight excluding hydrogens is 266 g/mol. The Morgan fingerprint density at radius 2 is 1.85 bits per heavy atom. The lowest BCUT2D eigenvalue weighted by Gasteiger charge is -2.37. The van der Waals surface area contributed by atoms with Gasteiger partial charge in [-0.3, -0.25) is 4.79 Å². The van der Waals surface area contributed by atoms with Crippen molar-refractivity contribution in [3.8, 4) is 5.75 Å². The smallest absolute Gasteiger partial charge is 0.314 e. The highest BCUT2D eigenvalue weighted by molar-refractivity contribution is 5.82. The van der Waals surface area contributed by atoms with Crippen LogP contribution in [-0.4, -0.2) is 24.1 Å². The van der Waals surface area contributed by atoms with E-state index in [1.54, 1.807) is 18.2 Å². The summed E-state index contributed by atoms with van der Waals surface area (Å²) < 4.78 is 31.8. The van der Waals surface area contributed by atoms with Crippen LogP contribution in [0.15, 0.2) is 18.2 Å². The van der Waals surface area contributed by atoms with Gasteiger partial charge in [0, 0.05) is 12.8 Å². The van der Waals surface area contributed by atoms with Crippen LogP contribution in [0.25, 0.3) is 0 Å². The first kappa shape index (κ1) is 14.8. The quantitative estimate of drug-likeness (QED) is 0.923. The van der Waals surface area contributed by atoms with Crippen LogP contribution < -0.4 is 4.74 Å². The zero-order valence-electron chi connectivity index (χ0n) is 11.6. The summed E-state index contributed by atoms with van der Waals surface area (Å²) in [5.74, 6) is -3.22. The largest absolute Gasteiger partial charge is 0.496 e. The third-order valence-electron chi connectivity index (χ3n) is 4.21. The number of carboxylic acid groups (broad SMARTS) is 1. The summed E-state index contributed by atoms with van der Waals surface area (Å²) in [6.07, 6.45) is -0.895. The molecule has 0 heterocycles.